The van der Waals surface area contributed by atoms with Crippen molar-refractivity contribution < 1.29 is 19.0 Å². The first-order valence-electron chi connectivity index (χ1n) is 5.31. The van der Waals surface area contributed by atoms with Crippen LogP contribution >= 0.6 is 15.9 Å². The van der Waals surface area contributed by atoms with Gasteiger partial charge < -0.3 is 9.25 Å². The molecule has 1 aromatic carbocycles. The van der Waals surface area contributed by atoms with Gasteiger partial charge in [-0.2, -0.15) is 0 Å². The van der Waals surface area contributed by atoms with Gasteiger partial charge in [-0.1, -0.05) is 27.2 Å². The van der Waals surface area contributed by atoms with Crippen molar-refractivity contribution in [2.45, 2.75) is 0 Å². The van der Waals surface area contributed by atoms with E-state index in [2.05, 4.69) is 25.9 Å². The number of hydrogen-bond acceptors (Lipinski definition) is 6. The molecule has 0 fully saturated rings. The van der Waals surface area contributed by atoms with Crippen LogP contribution in [-0.2, 0) is 4.84 Å². The fourth-order valence-electron chi connectivity index (χ4n) is 1.30. The first-order chi connectivity index (χ1) is 9.56. The molecular weight excluding hydrogens is 332 g/mol. The van der Waals surface area contributed by atoms with Gasteiger partial charge in [-0.25, -0.2) is 4.79 Å². The Bertz CT molecular complexity index is 680. The third kappa shape index (κ3) is 3.51. The van der Waals surface area contributed by atoms with Gasteiger partial charge in [0.05, 0.1) is 11.6 Å². The number of hydrogen-bond donors (Lipinski definition) is 0. The van der Waals surface area contributed by atoms with Crippen molar-refractivity contribution in [2.24, 2.45) is 5.16 Å². The lowest BCUT2D eigenvalue weighted by atomic mass is 10.2. The Labute approximate surface area is 121 Å². The van der Waals surface area contributed by atoms with Crippen molar-refractivity contribution in [2.75, 3.05) is 0 Å². The lowest BCUT2D eigenvalue weighted by Crippen LogP contribution is -2.00. The molecular formula is C12H7BrN2O5. The average Bonchev–Trinajstić information content (AvgIpc) is 2.87. The molecule has 0 amide bonds. The van der Waals surface area contributed by atoms with Crippen molar-refractivity contribution in [1.29, 1.82) is 0 Å². The molecule has 0 bridgehead atoms. The molecule has 0 N–H and O–H groups in total. The van der Waals surface area contributed by atoms with Crippen LogP contribution in [0.4, 0.5) is 5.88 Å². The summed E-state index contributed by atoms with van der Waals surface area (Å²) in [7, 11) is 0. The largest absolute Gasteiger partial charge is 0.433 e. The number of nitrogens with zero attached hydrogens (tertiary/aromatic N) is 2. The molecule has 20 heavy (non-hydrogen) atoms. The number of halogens is 1. The molecule has 0 radical (unpaired) electrons. The fourth-order valence-corrected chi connectivity index (χ4v) is 1.70. The lowest BCUT2D eigenvalue weighted by molar-refractivity contribution is -0.402. The highest BCUT2D eigenvalue weighted by molar-refractivity contribution is 9.10. The smallest absolute Gasteiger partial charge is 0.400 e. The topological polar surface area (TPSA) is 94.9 Å². The van der Waals surface area contributed by atoms with Crippen LogP contribution in [0.25, 0.3) is 0 Å². The molecule has 0 spiro atoms. The Kier molecular flexibility index (Phi) is 4.26. The second-order valence-electron chi connectivity index (χ2n) is 3.56. The van der Waals surface area contributed by atoms with Gasteiger partial charge in [-0.3, -0.25) is 10.1 Å². The molecule has 8 heteroatoms. The van der Waals surface area contributed by atoms with Crippen molar-refractivity contribution in [3.63, 3.8) is 0 Å². The molecule has 0 aliphatic rings. The third-order valence-corrected chi connectivity index (χ3v) is 2.66. The summed E-state index contributed by atoms with van der Waals surface area (Å²) in [5.41, 5.74) is 0.321. The van der Waals surface area contributed by atoms with Gasteiger partial charge in [-0.15, -0.1) is 0 Å². The third-order valence-electron chi connectivity index (χ3n) is 2.17. The number of oxime groups is 1. The van der Waals surface area contributed by atoms with E-state index in [1.165, 1.54) is 12.1 Å². The monoisotopic (exact) mass is 338 g/mol. The lowest BCUT2D eigenvalue weighted by Gasteiger charge is -1.97. The minimum Gasteiger partial charge on any atom is -0.400 e. The van der Waals surface area contributed by atoms with Crippen LogP contribution in [0.2, 0.25) is 0 Å². The summed E-state index contributed by atoms with van der Waals surface area (Å²) in [6, 6.07) is 9.12. The van der Waals surface area contributed by atoms with E-state index in [0.29, 0.717) is 5.56 Å². The zero-order valence-corrected chi connectivity index (χ0v) is 11.4. The van der Waals surface area contributed by atoms with E-state index < -0.39 is 16.8 Å². The molecule has 0 aliphatic carbocycles. The summed E-state index contributed by atoms with van der Waals surface area (Å²) >= 11 is 3.23. The predicted octanol–water partition coefficient (Wildman–Crippen LogP) is 3.14. The fraction of sp³-hybridized carbons (Fsp3) is 0. The maximum Gasteiger partial charge on any atom is 0.433 e. The summed E-state index contributed by atoms with van der Waals surface area (Å²) in [6.07, 6.45) is 1.07. The minimum atomic E-state index is -0.676. The normalized spacial score (nSPS) is 10.7. The van der Waals surface area contributed by atoms with Crippen LogP contribution in [0.1, 0.15) is 16.1 Å². The second-order valence-corrected chi connectivity index (χ2v) is 4.47. The Morgan fingerprint density at radius 1 is 1.40 bits per heavy atom. The number of benzene rings is 1. The highest BCUT2D eigenvalue weighted by Gasteiger charge is 2.11. The van der Waals surface area contributed by atoms with Crippen LogP contribution in [0.3, 0.4) is 0 Å². The first-order valence-corrected chi connectivity index (χ1v) is 6.10. The Balaban J connectivity index is 1.99. The first kappa shape index (κ1) is 13.9. The molecule has 2 rings (SSSR count). The van der Waals surface area contributed by atoms with Crippen LogP contribution in [0.15, 0.2) is 50.4 Å². The molecule has 7 nitrogen and oxygen atoms in total. The number of furan rings is 1. The average molecular weight is 339 g/mol. The van der Waals surface area contributed by atoms with Crippen molar-refractivity contribution in [3.05, 3.63) is 62.3 Å². The van der Waals surface area contributed by atoms with E-state index in [4.69, 9.17) is 4.42 Å². The van der Waals surface area contributed by atoms with Gasteiger partial charge in [0, 0.05) is 4.47 Å². The standard InChI is InChI=1S/C12H7BrN2O5/c13-9-3-1-2-8(6-9)12(16)20-14-7-10-4-5-11(19-10)15(17)18/h1-7H/b14-7-. The zero-order valence-electron chi connectivity index (χ0n) is 9.86. The van der Waals surface area contributed by atoms with Crippen LogP contribution in [-0.4, -0.2) is 17.1 Å². The van der Waals surface area contributed by atoms with Crippen molar-refractivity contribution >= 4 is 34.0 Å². The van der Waals surface area contributed by atoms with Crippen LogP contribution < -0.4 is 0 Å². The molecule has 0 saturated heterocycles. The number of carbonyl (C=O) groups excluding carboxylic acids is 1. The van der Waals surface area contributed by atoms with E-state index in [1.807, 2.05) is 0 Å². The van der Waals surface area contributed by atoms with Gasteiger partial charge in [0.15, 0.2) is 5.76 Å². The van der Waals surface area contributed by atoms with Gasteiger partial charge >= 0.3 is 11.9 Å². The summed E-state index contributed by atoms with van der Waals surface area (Å²) in [5, 5.41) is 13.8. The SMILES string of the molecule is O=C(O/N=C\c1ccc([N+](=O)[O-])o1)c1cccc(Br)c1. The number of carbonyl (C=O) groups is 1. The predicted molar refractivity (Wildman–Crippen MR) is 72.5 cm³/mol. The van der Waals surface area contributed by atoms with E-state index >= 15 is 0 Å². The molecule has 0 saturated carbocycles. The molecule has 1 aromatic heterocycles. The zero-order chi connectivity index (χ0) is 14.5. The summed E-state index contributed by atoms with van der Waals surface area (Å²) in [5.74, 6) is -0.952. The number of rotatable bonds is 4. The Morgan fingerprint density at radius 2 is 2.20 bits per heavy atom. The van der Waals surface area contributed by atoms with E-state index in [0.717, 1.165) is 10.7 Å². The maximum atomic E-state index is 11.6. The van der Waals surface area contributed by atoms with Crippen molar-refractivity contribution in [3.8, 4) is 0 Å². The Morgan fingerprint density at radius 3 is 2.85 bits per heavy atom. The second kappa shape index (κ2) is 6.11. The van der Waals surface area contributed by atoms with Gasteiger partial charge in [0.2, 0.25) is 0 Å². The van der Waals surface area contributed by atoms with Gasteiger partial charge in [-0.05, 0) is 24.3 Å². The van der Waals surface area contributed by atoms with E-state index in [1.54, 1.807) is 24.3 Å². The summed E-state index contributed by atoms with van der Waals surface area (Å²) < 4.78 is 5.54. The van der Waals surface area contributed by atoms with Crippen molar-refractivity contribution in [1.82, 2.24) is 0 Å². The van der Waals surface area contributed by atoms with Gasteiger partial charge in [0.25, 0.3) is 0 Å². The minimum absolute atomic E-state index is 0.110. The van der Waals surface area contributed by atoms with Crippen LogP contribution in [0, 0.1) is 10.1 Å². The highest BCUT2D eigenvalue weighted by atomic mass is 79.9. The summed E-state index contributed by atoms with van der Waals surface area (Å²) in [4.78, 5) is 26.0. The molecule has 2 aromatic rings. The highest BCUT2D eigenvalue weighted by Crippen LogP contribution is 2.14. The molecule has 0 atom stereocenters. The van der Waals surface area contributed by atoms with Crippen LogP contribution in [0.5, 0.6) is 0 Å². The molecule has 0 unspecified atom stereocenters. The Hall–Kier alpha value is -2.48. The molecule has 0 aliphatic heterocycles. The van der Waals surface area contributed by atoms with E-state index in [9.17, 15) is 14.9 Å². The quantitative estimate of drug-likeness (QED) is 0.369. The summed E-state index contributed by atoms with van der Waals surface area (Å²) in [6.45, 7) is 0. The maximum absolute atomic E-state index is 11.6. The molecule has 1 heterocycles. The number of nitro groups is 1. The molecule has 102 valence electrons. The van der Waals surface area contributed by atoms with Gasteiger partial charge in [0.1, 0.15) is 11.1 Å². The van der Waals surface area contributed by atoms with E-state index in [-0.39, 0.29) is 5.76 Å².